The van der Waals surface area contributed by atoms with Crippen LogP contribution in [0, 0.1) is 0 Å². The maximum atomic E-state index is 12.6. The third kappa shape index (κ3) is 6.14. The summed E-state index contributed by atoms with van der Waals surface area (Å²) in [4.78, 5) is 26.6. The number of para-hydroxylation sites is 1. The van der Waals surface area contributed by atoms with E-state index in [2.05, 4.69) is 5.32 Å². The largest absolute Gasteiger partial charge is 0.339 e. The summed E-state index contributed by atoms with van der Waals surface area (Å²) in [5.41, 5.74) is 2.70. The first-order chi connectivity index (χ1) is 13.2. The lowest BCUT2D eigenvalue weighted by Crippen LogP contribution is -2.31. The number of nitrogens with one attached hydrogen (secondary N) is 1. The fourth-order valence-corrected chi connectivity index (χ4v) is 3.97. The van der Waals surface area contributed by atoms with Crippen LogP contribution in [0.2, 0.25) is 0 Å². The number of carbonyl (C=O) groups excluding carboxylic acids is 2. The quantitative estimate of drug-likeness (QED) is 0.796. The van der Waals surface area contributed by atoms with Crippen molar-refractivity contribution < 1.29 is 9.59 Å². The van der Waals surface area contributed by atoms with E-state index in [0.717, 1.165) is 48.5 Å². The molecule has 0 saturated carbocycles. The van der Waals surface area contributed by atoms with E-state index in [1.807, 2.05) is 59.5 Å². The Bertz CT molecular complexity index is 739. The number of amides is 2. The zero-order valence-corrected chi connectivity index (χ0v) is 16.3. The van der Waals surface area contributed by atoms with E-state index in [0.29, 0.717) is 5.75 Å². The molecule has 2 aromatic carbocycles. The lowest BCUT2D eigenvalue weighted by atomic mass is 10.1. The monoisotopic (exact) mass is 382 g/mol. The van der Waals surface area contributed by atoms with Gasteiger partial charge in [-0.15, -0.1) is 11.8 Å². The summed E-state index contributed by atoms with van der Waals surface area (Å²) >= 11 is 1.57. The van der Waals surface area contributed by atoms with Gasteiger partial charge in [-0.3, -0.25) is 9.59 Å². The highest BCUT2D eigenvalue weighted by Crippen LogP contribution is 2.17. The lowest BCUT2D eigenvalue weighted by molar-refractivity contribution is -0.113. The molecule has 1 fully saturated rings. The Labute approximate surface area is 165 Å². The molecular formula is C22H26N2O2S. The van der Waals surface area contributed by atoms with Crippen LogP contribution in [0.15, 0.2) is 54.6 Å². The molecule has 4 nitrogen and oxygen atoms in total. The minimum atomic E-state index is -0.000776. The van der Waals surface area contributed by atoms with Crippen LogP contribution in [-0.4, -0.2) is 35.6 Å². The number of carbonyl (C=O) groups is 2. The number of hydrogen-bond acceptors (Lipinski definition) is 3. The van der Waals surface area contributed by atoms with Crippen LogP contribution in [0.1, 0.15) is 41.6 Å². The van der Waals surface area contributed by atoms with Crippen molar-refractivity contribution in [1.29, 1.82) is 0 Å². The first-order valence-electron chi connectivity index (χ1n) is 9.53. The second-order valence-corrected chi connectivity index (χ2v) is 7.80. The average Bonchev–Trinajstić information content (AvgIpc) is 2.98. The molecule has 1 saturated heterocycles. The lowest BCUT2D eigenvalue weighted by Gasteiger charge is -2.20. The van der Waals surface area contributed by atoms with Crippen molar-refractivity contribution in [1.82, 2.24) is 4.90 Å². The number of benzene rings is 2. The molecule has 0 bridgehead atoms. The van der Waals surface area contributed by atoms with E-state index in [-0.39, 0.29) is 11.8 Å². The fraction of sp³-hybridized carbons (Fsp3) is 0.364. The van der Waals surface area contributed by atoms with Gasteiger partial charge in [-0.2, -0.15) is 0 Å². The third-order valence-corrected chi connectivity index (χ3v) is 5.66. The second kappa shape index (κ2) is 10.2. The summed E-state index contributed by atoms with van der Waals surface area (Å²) in [6, 6.07) is 17.3. The van der Waals surface area contributed by atoms with Crippen LogP contribution >= 0.6 is 11.8 Å². The molecule has 2 amide bonds. The molecular weight excluding hydrogens is 356 g/mol. The highest BCUT2D eigenvalue weighted by atomic mass is 32.2. The Morgan fingerprint density at radius 3 is 2.22 bits per heavy atom. The van der Waals surface area contributed by atoms with Gasteiger partial charge in [0, 0.05) is 30.1 Å². The maximum Gasteiger partial charge on any atom is 0.253 e. The number of nitrogens with zero attached hydrogens (tertiary/aromatic N) is 1. The van der Waals surface area contributed by atoms with Gasteiger partial charge >= 0.3 is 0 Å². The van der Waals surface area contributed by atoms with Gasteiger partial charge in [-0.1, -0.05) is 43.2 Å². The molecule has 142 valence electrons. The number of likely N-dealkylation sites (tertiary alicyclic amines) is 1. The van der Waals surface area contributed by atoms with Crippen molar-refractivity contribution in [3.05, 3.63) is 65.7 Å². The van der Waals surface area contributed by atoms with Gasteiger partial charge in [-0.05, 0) is 42.7 Å². The molecule has 0 aliphatic carbocycles. The van der Waals surface area contributed by atoms with Crippen LogP contribution in [0.5, 0.6) is 0 Å². The molecule has 1 aliphatic heterocycles. The molecule has 1 N–H and O–H groups in total. The van der Waals surface area contributed by atoms with Gasteiger partial charge in [0.15, 0.2) is 0 Å². The zero-order valence-electron chi connectivity index (χ0n) is 15.5. The van der Waals surface area contributed by atoms with Crippen LogP contribution in [0.4, 0.5) is 5.69 Å². The van der Waals surface area contributed by atoms with Crippen molar-refractivity contribution in [3.8, 4) is 0 Å². The third-order valence-electron chi connectivity index (χ3n) is 4.65. The summed E-state index contributed by atoms with van der Waals surface area (Å²) in [5, 5.41) is 2.88. The predicted molar refractivity (Wildman–Crippen MR) is 112 cm³/mol. The van der Waals surface area contributed by atoms with Crippen LogP contribution < -0.4 is 5.32 Å². The molecule has 0 unspecified atom stereocenters. The Hall–Kier alpha value is -2.27. The number of rotatable bonds is 6. The van der Waals surface area contributed by atoms with E-state index >= 15 is 0 Å². The number of thioether (sulfide) groups is 1. The predicted octanol–water partition coefficient (Wildman–Crippen LogP) is 4.57. The Balaban J connectivity index is 1.44. The van der Waals surface area contributed by atoms with E-state index in [4.69, 9.17) is 0 Å². The van der Waals surface area contributed by atoms with E-state index in [1.165, 1.54) is 12.8 Å². The summed E-state index contributed by atoms with van der Waals surface area (Å²) in [7, 11) is 0. The van der Waals surface area contributed by atoms with Crippen LogP contribution in [-0.2, 0) is 10.5 Å². The van der Waals surface area contributed by atoms with E-state index in [9.17, 15) is 9.59 Å². The van der Waals surface area contributed by atoms with Crippen molar-refractivity contribution in [2.75, 3.05) is 24.2 Å². The highest BCUT2D eigenvalue weighted by molar-refractivity contribution is 7.99. The molecule has 5 heteroatoms. The normalized spacial score (nSPS) is 14.4. The summed E-state index contributed by atoms with van der Waals surface area (Å²) in [5.74, 6) is 1.29. The second-order valence-electron chi connectivity index (χ2n) is 6.81. The van der Waals surface area contributed by atoms with Crippen molar-refractivity contribution in [2.24, 2.45) is 0 Å². The first kappa shape index (κ1) is 19.5. The smallest absolute Gasteiger partial charge is 0.253 e. The Morgan fingerprint density at radius 1 is 0.889 bits per heavy atom. The Kier molecular flexibility index (Phi) is 7.34. The molecule has 0 atom stereocenters. The van der Waals surface area contributed by atoms with Crippen molar-refractivity contribution in [2.45, 2.75) is 31.4 Å². The van der Waals surface area contributed by atoms with Crippen molar-refractivity contribution >= 4 is 29.3 Å². The van der Waals surface area contributed by atoms with E-state index in [1.54, 1.807) is 11.8 Å². The summed E-state index contributed by atoms with van der Waals surface area (Å²) < 4.78 is 0. The standard InChI is InChI=1S/C22H26N2O2S/c25-21(23-20-8-4-3-5-9-20)17-27-16-18-10-12-19(13-11-18)22(26)24-14-6-1-2-7-15-24/h3-5,8-13H,1-2,6-7,14-17H2,(H,23,25). The molecule has 0 radical (unpaired) electrons. The highest BCUT2D eigenvalue weighted by Gasteiger charge is 2.17. The van der Waals surface area contributed by atoms with Gasteiger partial charge in [0.1, 0.15) is 0 Å². The molecule has 3 rings (SSSR count). The summed E-state index contributed by atoms with van der Waals surface area (Å²) in [6.45, 7) is 1.74. The zero-order chi connectivity index (χ0) is 18.9. The van der Waals surface area contributed by atoms with Gasteiger partial charge in [0.05, 0.1) is 5.75 Å². The molecule has 0 aromatic heterocycles. The number of anilines is 1. The van der Waals surface area contributed by atoms with Crippen LogP contribution in [0.25, 0.3) is 0 Å². The first-order valence-corrected chi connectivity index (χ1v) is 10.7. The summed E-state index contributed by atoms with van der Waals surface area (Å²) in [6.07, 6.45) is 4.65. The topological polar surface area (TPSA) is 49.4 Å². The van der Waals surface area contributed by atoms with Gasteiger partial charge < -0.3 is 10.2 Å². The van der Waals surface area contributed by atoms with Gasteiger partial charge in [0.25, 0.3) is 5.91 Å². The van der Waals surface area contributed by atoms with Crippen LogP contribution in [0.3, 0.4) is 0 Å². The molecule has 27 heavy (non-hydrogen) atoms. The van der Waals surface area contributed by atoms with Crippen molar-refractivity contribution in [3.63, 3.8) is 0 Å². The molecule has 1 aliphatic rings. The minimum Gasteiger partial charge on any atom is -0.339 e. The minimum absolute atomic E-state index is 0.000776. The fourth-order valence-electron chi connectivity index (χ4n) is 3.18. The average molecular weight is 383 g/mol. The van der Waals surface area contributed by atoms with Gasteiger partial charge in [-0.25, -0.2) is 0 Å². The molecule has 2 aromatic rings. The maximum absolute atomic E-state index is 12.6. The van der Waals surface area contributed by atoms with Gasteiger partial charge in [0.2, 0.25) is 5.91 Å². The molecule has 0 spiro atoms. The Morgan fingerprint density at radius 2 is 1.56 bits per heavy atom. The SMILES string of the molecule is O=C(CSCc1ccc(C(=O)N2CCCCCC2)cc1)Nc1ccccc1. The van der Waals surface area contributed by atoms with E-state index < -0.39 is 0 Å². The molecule has 1 heterocycles. The number of hydrogen-bond donors (Lipinski definition) is 1.